The van der Waals surface area contributed by atoms with E-state index in [0.717, 1.165) is 18.2 Å². The summed E-state index contributed by atoms with van der Waals surface area (Å²) < 4.78 is 33.7. The summed E-state index contributed by atoms with van der Waals surface area (Å²) >= 11 is 0. The summed E-state index contributed by atoms with van der Waals surface area (Å²) in [5.74, 6) is 0.177. The van der Waals surface area contributed by atoms with E-state index in [1.54, 1.807) is 29.3 Å². The van der Waals surface area contributed by atoms with Gasteiger partial charge in [-0.25, -0.2) is 17.9 Å². The topological polar surface area (TPSA) is 88.6 Å². The third-order valence-electron chi connectivity index (χ3n) is 4.71. The molecular weight excluding hydrogens is 378 g/mol. The number of pyridine rings is 1. The first-order chi connectivity index (χ1) is 13.2. The highest BCUT2D eigenvalue weighted by Crippen LogP contribution is 2.22. The van der Waals surface area contributed by atoms with Crippen molar-refractivity contribution >= 4 is 27.0 Å². The Kier molecular flexibility index (Phi) is 5.90. The van der Waals surface area contributed by atoms with Crippen LogP contribution in [0.5, 0.6) is 0 Å². The van der Waals surface area contributed by atoms with E-state index < -0.39 is 15.6 Å². The SMILES string of the molecule is CC(C)(C)OC(=O)N1CCC(CNS(=O)(=O)c2cccc3cccnc23)CC1. The van der Waals surface area contributed by atoms with Gasteiger partial charge < -0.3 is 9.64 Å². The first kappa shape index (κ1) is 20.5. The van der Waals surface area contributed by atoms with Crippen molar-refractivity contribution in [3.63, 3.8) is 0 Å². The standard InChI is InChI=1S/C20H27N3O4S/c1-20(2,3)27-19(24)23-12-9-15(10-13-23)14-22-28(25,26)17-8-4-6-16-7-5-11-21-18(16)17/h4-8,11,15,22H,9-10,12-14H2,1-3H3. The van der Waals surface area contributed by atoms with E-state index >= 15 is 0 Å². The molecule has 0 radical (unpaired) electrons. The first-order valence-corrected chi connectivity index (χ1v) is 11.0. The van der Waals surface area contributed by atoms with Gasteiger partial charge in [-0.1, -0.05) is 18.2 Å². The molecule has 1 N–H and O–H groups in total. The average molecular weight is 406 g/mol. The Morgan fingerprint density at radius 1 is 1.21 bits per heavy atom. The van der Waals surface area contributed by atoms with E-state index in [4.69, 9.17) is 4.74 Å². The molecule has 2 heterocycles. The number of nitrogens with zero attached hydrogens (tertiary/aromatic N) is 2. The lowest BCUT2D eigenvalue weighted by Crippen LogP contribution is -2.43. The largest absolute Gasteiger partial charge is 0.444 e. The van der Waals surface area contributed by atoms with Crippen molar-refractivity contribution in [2.45, 2.75) is 44.1 Å². The number of carbonyl (C=O) groups is 1. The number of piperidine rings is 1. The Balaban J connectivity index is 1.58. The number of amides is 1. The van der Waals surface area contributed by atoms with E-state index in [2.05, 4.69) is 9.71 Å². The fraction of sp³-hybridized carbons (Fsp3) is 0.500. The molecule has 152 valence electrons. The highest BCUT2D eigenvalue weighted by molar-refractivity contribution is 7.89. The average Bonchev–Trinajstić information content (AvgIpc) is 2.65. The van der Waals surface area contributed by atoms with Crippen LogP contribution < -0.4 is 4.72 Å². The zero-order valence-electron chi connectivity index (χ0n) is 16.5. The Morgan fingerprint density at radius 2 is 1.89 bits per heavy atom. The number of nitrogens with one attached hydrogen (secondary N) is 1. The van der Waals surface area contributed by atoms with E-state index in [1.165, 1.54) is 0 Å². The summed E-state index contributed by atoms with van der Waals surface area (Å²) in [4.78, 5) is 18.2. The van der Waals surface area contributed by atoms with Crippen LogP contribution in [0.4, 0.5) is 4.79 Å². The van der Waals surface area contributed by atoms with Gasteiger partial charge in [-0.2, -0.15) is 0 Å². The number of sulfonamides is 1. The number of fused-ring (bicyclic) bond motifs is 1. The zero-order chi connectivity index (χ0) is 20.4. The lowest BCUT2D eigenvalue weighted by molar-refractivity contribution is 0.0185. The van der Waals surface area contributed by atoms with E-state index in [-0.39, 0.29) is 16.9 Å². The van der Waals surface area contributed by atoms with Crippen LogP contribution in [0.25, 0.3) is 10.9 Å². The fourth-order valence-electron chi connectivity index (χ4n) is 3.24. The van der Waals surface area contributed by atoms with Crippen molar-refractivity contribution in [1.82, 2.24) is 14.6 Å². The van der Waals surface area contributed by atoms with Crippen molar-refractivity contribution in [2.75, 3.05) is 19.6 Å². The molecule has 0 spiro atoms. The van der Waals surface area contributed by atoms with Gasteiger partial charge in [0.15, 0.2) is 0 Å². The molecule has 0 unspecified atom stereocenters. The highest BCUT2D eigenvalue weighted by Gasteiger charge is 2.28. The third-order valence-corrected chi connectivity index (χ3v) is 6.17. The van der Waals surface area contributed by atoms with Crippen molar-refractivity contribution in [1.29, 1.82) is 0 Å². The molecule has 1 aliphatic heterocycles. The number of hydrogen-bond donors (Lipinski definition) is 1. The highest BCUT2D eigenvalue weighted by atomic mass is 32.2. The molecule has 0 saturated carbocycles. The number of likely N-dealkylation sites (tertiary alicyclic amines) is 1. The van der Waals surface area contributed by atoms with Gasteiger partial charge >= 0.3 is 6.09 Å². The quantitative estimate of drug-likeness (QED) is 0.844. The normalized spacial score (nSPS) is 16.3. The number of rotatable bonds is 4. The van der Waals surface area contributed by atoms with E-state index in [0.29, 0.717) is 25.2 Å². The number of aromatic nitrogens is 1. The van der Waals surface area contributed by atoms with Crippen molar-refractivity contribution < 1.29 is 17.9 Å². The van der Waals surface area contributed by atoms with Gasteiger partial charge in [0.1, 0.15) is 10.5 Å². The third kappa shape index (κ3) is 4.99. The smallest absolute Gasteiger partial charge is 0.410 e. The van der Waals surface area contributed by atoms with Crippen LogP contribution in [0.3, 0.4) is 0 Å². The zero-order valence-corrected chi connectivity index (χ0v) is 17.3. The molecule has 28 heavy (non-hydrogen) atoms. The lowest BCUT2D eigenvalue weighted by Gasteiger charge is -2.33. The van der Waals surface area contributed by atoms with Gasteiger partial charge in [-0.05, 0) is 51.7 Å². The molecule has 1 fully saturated rings. The summed E-state index contributed by atoms with van der Waals surface area (Å²) in [7, 11) is -3.66. The molecule has 3 rings (SSSR count). The fourth-order valence-corrected chi connectivity index (χ4v) is 4.54. The number of benzene rings is 1. The molecule has 7 nitrogen and oxygen atoms in total. The molecule has 2 aromatic rings. The number of carbonyl (C=O) groups excluding carboxylic acids is 1. The van der Waals surface area contributed by atoms with Crippen LogP contribution in [0.1, 0.15) is 33.6 Å². The Morgan fingerprint density at radius 3 is 2.57 bits per heavy atom. The predicted molar refractivity (Wildman–Crippen MR) is 107 cm³/mol. The molecule has 1 aromatic carbocycles. The van der Waals surface area contributed by atoms with Gasteiger partial charge in [-0.3, -0.25) is 4.98 Å². The molecule has 1 aromatic heterocycles. The number of ether oxygens (including phenoxy) is 1. The maximum absolute atomic E-state index is 12.8. The Labute approximate surface area is 166 Å². The van der Waals surface area contributed by atoms with Crippen LogP contribution in [-0.4, -0.2) is 49.6 Å². The molecule has 1 saturated heterocycles. The maximum atomic E-state index is 12.8. The Hall–Kier alpha value is -2.19. The van der Waals surface area contributed by atoms with Crippen LogP contribution in [0, 0.1) is 5.92 Å². The minimum absolute atomic E-state index is 0.177. The monoisotopic (exact) mass is 405 g/mol. The summed E-state index contributed by atoms with van der Waals surface area (Å²) in [6.45, 7) is 7.00. The van der Waals surface area contributed by atoms with Gasteiger partial charge in [0.05, 0.1) is 5.52 Å². The Bertz CT molecular complexity index is 940. The van der Waals surface area contributed by atoms with Crippen LogP contribution in [-0.2, 0) is 14.8 Å². The summed E-state index contributed by atoms with van der Waals surface area (Å²) in [6, 6.07) is 8.76. The molecule has 8 heteroatoms. The maximum Gasteiger partial charge on any atom is 0.410 e. The molecule has 1 amide bonds. The second kappa shape index (κ2) is 8.05. The summed E-state index contributed by atoms with van der Waals surface area (Å²) in [6.07, 6.45) is 2.74. The lowest BCUT2D eigenvalue weighted by atomic mass is 9.97. The van der Waals surface area contributed by atoms with E-state index in [1.807, 2.05) is 32.9 Å². The second-order valence-corrected chi connectivity index (χ2v) is 9.83. The predicted octanol–water partition coefficient (Wildman–Crippen LogP) is 3.16. The molecular formula is C20H27N3O4S. The number of hydrogen-bond acceptors (Lipinski definition) is 5. The summed E-state index contributed by atoms with van der Waals surface area (Å²) in [5.41, 5.74) is -0.0481. The van der Waals surface area contributed by atoms with Crippen LogP contribution in [0.2, 0.25) is 0 Å². The van der Waals surface area contributed by atoms with Gasteiger partial charge in [0.25, 0.3) is 0 Å². The van der Waals surface area contributed by atoms with Crippen molar-refractivity contribution in [3.05, 3.63) is 36.5 Å². The van der Waals surface area contributed by atoms with Crippen LogP contribution >= 0.6 is 0 Å². The molecule has 1 aliphatic rings. The number of para-hydroxylation sites is 1. The first-order valence-electron chi connectivity index (χ1n) is 9.47. The van der Waals surface area contributed by atoms with E-state index in [9.17, 15) is 13.2 Å². The van der Waals surface area contributed by atoms with Gasteiger partial charge in [0, 0.05) is 31.2 Å². The second-order valence-electron chi connectivity index (χ2n) is 8.09. The minimum Gasteiger partial charge on any atom is -0.444 e. The minimum atomic E-state index is -3.66. The van der Waals surface area contributed by atoms with Gasteiger partial charge in [0.2, 0.25) is 10.0 Å². The molecule has 0 atom stereocenters. The van der Waals surface area contributed by atoms with Crippen molar-refractivity contribution in [2.24, 2.45) is 5.92 Å². The van der Waals surface area contributed by atoms with Crippen molar-refractivity contribution in [3.8, 4) is 0 Å². The van der Waals surface area contributed by atoms with Crippen LogP contribution in [0.15, 0.2) is 41.4 Å². The molecule has 0 bridgehead atoms. The summed E-state index contributed by atoms with van der Waals surface area (Å²) in [5, 5.41) is 0.788. The molecule has 0 aliphatic carbocycles. The van der Waals surface area contributed by atoms with Gasteiger partial charge in [-0.15, -0.1) is 0 Å².